The molecule has 5 rings (SSSR count). The van der Waals surface area contributed by atoms with Gasteiger partial charge in [-0.3, -0.25) is 9.69 Å². The summed E-state index contributed by atoms with van der Waals surface area (Å²) in [7, 11) is 0. The third kappa shape index (κ3) is 5.84. The molecule has 218 valence electrons. The second-order valence-electron chi connectivity index (χ2n) is 9.81. The van der Waals surface area contributed by atoms with Crippen LogP contribution in [0.3, 0.4) is 0 Å². The summed E-state index contributed by atoms with van der Waals surface area (Å²) in [4.78, 5) is 31.9. The Kier molecular flexibility index (Phi) is 7.62. The predicted molar refractivity (Wildman–Crippen MR) is 129 cm³/mol. The lowest BCUT2D eigenvalue weighted by Gasteiger charge is -2.38. The van der Waals surface area contributed by atoms with E-state index in [0.29, 0.717) is 0 Å². The molecule has 9 nitrogen and oxygen atoms in total. The lowest BCUT2D eigenvalue weighted by atomic mass is 9.81. The number of cyclic esters (lactones) is 1. The van der Waals surface area contributed by atoms with Crippen molar-refractivity contribution in [3.8, 4) is 11.6 Å². The average Bonchev–Trinajstić information content (AvgIpc) is 3.42. The summed E-state index contributed by atoms with van der Waals surface area (Å²) < 4.78 is 93.4. The highest BCUT2D eigenvalue weighted by Gasteiger charge is 2.41. The lowest BCUT2D eigenvalue weighted by Crippen LogP contribution is -2.48. The van der Waals surface area contributed by atoms with Crippen LogP contribution in [0.5, 0.6) is 11.6 Å². The first-order chi connectivity index (χ1) is 19.4. The number of hydrogen-bond donors (Lipinski definition) is 0. The third-order valence-corrected chi connectivity index (χ3v) is 7.10. The second kappa shape index (κ2) is 11.0. The van der Waals surface area contributed by atoms with Crippen molar-refractivity contribution in [1.82, 2.24) is 20.0 Å². The number of carbonyl (C=O) groups is 2. The lowest BCUT2D eigenvalue weighted by molar-refractivity contribution is -0.139. The van der Waals surface area contributed by atoms with E-state index in [2.05, 4.69) is 15.2 Å². The smallest absolute Gasteiger partial charge is 0.421 e. The van der Waals surface area contributed by atoms with Crippen LogP contribution >= 0.6 is 0 Å². The van der Waals surface area contributed by atoms with Crippen LogP contribution in [-0.2, 0) is 22.3 Å². The van der Waals surface area contributed by atoms with Crippen molar-refractivity contribution < 1.29 is 45.4 Å². The minimum Gasteiger partial charge on any atom is -0.438 e. The number of amides is 1. The van der Waals surface area contributed by atoms with E-state index in [0.717, 1.165) is 34.1 Å². The number of benzene rings is 1. The van der Waals surface area contributed by atoms with Gasteiger partial charge < -0.3 is 9.47 Å². The molecule has 1 saturated carbocycles. The summed E-state index contributed by atoms with van der Waals surface area (Å²) in [5.41, 5.74) is -1.68. The number of halogens is 6. The Morgan fingerprint density at radius 1 is 1.12 bits per heavy atom. The first kappa shape index (κ1) is 28.4. The number of ether oxygens (including phenoxy) is 2. The number of alkyl halides is 5. The zero-order valence-electron chi connectivity index (χ0n) is 21.4. The molecule has 2 aliphatic rings. The fourth-order valence-electron chi connectivity index (χ4n) is 5.02. The summed E-state index contributed by atoms with van der Waals surface area (Å²) in [6.45, 7) is 1.28. The summed E-state index contributed by atoms with van der Waals surface area (Å²) in [6, 6.07) is 2.41. The molecule has 2 aromatic heterocycles. The average molecular weight is 583 g/mol. The molecular weight excluding hydrogens is 560 g/mol. The van der Waals surface area contributed by atoms with Gasteiger partial charge in [0.25, 0.3) is 0 Å². The van der Waals surface area contributed by atoms with Gasteiger partial charge in [0.15, 0.2) is 17.8 Å². The number of fused-ring (bicyclic) bond motifs is 1. The molecule has 15 heteroatoms. The number of pyridine rings is 1. The molecule has 1 fully saturated rings. The number of hydrogen-bond acceptors (Lipinski definition) is 7. The van der Waals surface area contributed by atoms with Gasteiger partial charge in [0.1, 0.15) is 5.56 Å². The Morgan fingerprint density at radius 3 is 2.44 bits per heavy atom. The third-order valence-electron chi connectivity index (χ3n) is 7.10. The zero-order chi connectivity index (χ0) is 29.5. The Hall–Kier alpha value is -4.17. The van der Waals surface area contributed by atoms with E-state index in [-0.39, 0.29) is 49.0 Å². The Bertz CT molecular complexity index is 1440. The molecule has 0 N–H and O–H groups in total. The molecule has 1 aromatic carbocycles. The number of rotatable bonds is 6. The molecule has 0 radical (unpaired) electrons. The molecule has 41 heavy (non-hydrogen) atoms. The van der Waals surface area contributed by atoms with Crippen molar-refractivity contribution in [3.63, 3.8) is 0 Å². The van der Waals surface area contributed by atoms with Crippen LogP contribution in [0.15, 0.2) is 36.8 Å². The van der Waals surface area contributed by atoms with E-state index in [4.69, 9.17) is 9.47 Å². The van der Waals surface area contributed by atoms with Gasteiger partial charge in [0, 0.05) is 30.2 Å². The highest BCUT2D eigenvalue weighted by Crippen LogP contribution is 2.42. The topological polar surface area (TPSA) is 99.4 Å². The zero-order valence-corrected chi connectivity index (χ0v) is 21.4. The first-order valence-electron chi connectivity index (χ1n) is 12.7. The molecule has 1 aliphatic heterocycles. The molecular formula is C26H23F6N5O4. The normalized spacial score (nSPS) is 21.0. The molecule has 0 spiro atoms. The maximum Gasteiger partial charge on any atom is 0.421 e. The maximum absolute atomic E-state index is 15.3. The van der Waals surface area contributed by atoms with Gasteiger partial charge in [-0.1, -0.05) is 0 Å². The van der Waals surface area contributed by atoms with Crippen LogP contribution in [0.4, 0.5) is 32.0 Å². The van der Waals surface area contributed by atoms with E-state index in [9.17, 15) is 31.5 Å². The minimum absolute atomic E-state index is 0.0982. The molecule has 0 bridgehead atoms. The van der Waals surface area contributed by atoms with Crippen LogP contribution in [0, 0.1) is 17.7 Å². The summed E-state index contributed by atoms with van der Waals surface area (Å²) >= 11 is 0. The number of aromatic nitrogens is 4. The Balaban J connectivity index is 1.43. The highest BCUT2D eigenvalue weighted by atomic mass is 19.4. The van der Waals surface area contributed by atoms with Crippen molar-refractivity contribution in [2.45, 2.75) is 58.0 Å². The molecule has 1 atom stereocenters. The maximum atomic E-state index is 15.3. The quantitative estimate of drug-likeness (QED) is 0.276. The van der Waals surface area contributed by atoms with E-state index in [1.807, 2.05) is 0 Å². The first-order valence-corrected chi connectivity index (χ1v) is 12.7. The minimum atomic E-state index is -4.93. The van der Waals surface area contributed by atoms with Crippen molar-refractivity contribution >= 4 is 17.6 Å². The monoisotopic (exact) mass is 583 g/mol. The van der Waals surface area contributed by atoms with Gasteiger partial charge in [-0.25, -0.2) is 22.9 Å². The van der Waals surface area contributed by atoms with Crippen LogP contribution in [-0.4, -0.2) is 44.5 Å². The summed E-state index contributed by atoms with van der Waals surface area (Å²) in [5, 5.41) is 7.66. The second-order valence-corrected chi connectivity index (χ2v) is 9.81. The van der Waals surface area contributed by atoms with E-state index >= 15 is 4.39 Å². The Morgan fingerprint density at radius 2 is 1.80 bits per heavy atom. The van der Waals surface area contributed by atoms with Crippen LogP contribution in [0.25, 0.3) is 0 Å². The van der Waals surface area contributed by atoms with Crippen molar-refractivity contribution in [1.29, 1.82) is 0 Å². The number of anilines is 1. The van der Waals surface area contributed by atoms with Crippen molar-refractivity contribution in [3.05, 3.63) is 59.3 Å². The van der Waals surface area contributed by atoms with E-state index in [1.54, 1.807) is 0 Å². The molecule has 1 aliphatic carbocycles. The Labute approximate surface area is 229 Å². The van der Waals surface area contributed by atoms with Crippen LogP contribution in [0.2, 0.25) is 0 Å². The molecule has 1 amide bonds. The van der Waals surface area contributed by atoms with Crippen molar-refractivity contribution in [2.75, 3.05) is 4.90 Å². The summed E-state index contributed by atoms with van der Waals surface area (Å²) in [5.74, 6) is -5.82. The fourth-order valence-corrected chi connectivity index (χ4v) is 5.02. The highest BCUT2D eigenvalue weighted by molar-refractivity contribution is 6.06. The SMILES string of the molecule is CC1OC(=O)c2cc(Oc3ncc(Cn4nccn4)cc3C(F)(F)F)c(F)cc2N1C(=O)[C@H]1CC[C@H](C(F)F)CC1. The fraction of sp³-hybridized carbons (Fsp3) is 0.423. The van der Waals surface area contributed by atoms with Crippen LogP contribution < -0.4 is 9.64 Å². The van der Waals surface area contributed by atoms with E-state index < -0.39 is 65.6 Å². The number of esters is 1. The molecule has 3 aromatic rings. The van der Waals surface area contributed by atoms with Gasteiger partial charge in [-0.15, -0.1) is 0 Å². The number of nitrogens with zero attached hydrogens (tertiary/aromatic N) is 5. The standard InChI is InChI=1S/C26H23F6N5O4/c1-13-37(24(38)16-4-2-15(3-5-16)22(28)29)20-10-19(27)21(9-17(20)25(39)40-13)41-23-18(26(30,31)32)8-14(11-33-23)12-36-34-6-7-35-36/h6-11,13,15-16,22H,2-5,12H2,1H3/t13?,15-,16-. The van der Waals surface area contributed by atoms with E-state index in [1.165, 1.54) is 19.3 Å². The number of carbonyl (C=O) groups excluding carboxylic acids is 2. The molecule has 0 saturated heterocycles. The van der Waals surface area contributed by atoms with Gasteiger partial charge in [0.05, 0.1) is 30.2 Å². The largest absolute Gasteiger partial charge is 0.438 e. The molecule has 3 heterocycles. The predicted octanol–water partition coefficient (Wildman–Crippen LogP) is 5.59. The van der Waals surface area contributed by atoms with Gasteiger partial charge in [-0.05, 0) is 44.2 Å². The van der Waals surface area contributed by atoms with Gasteiger partial charge >= 0.3 is 12.1 Å². The van der Waals surface area contributed by atoms with Gasteiger partial charge in [-0.2, -0.15) is 28.2 Å². The summed E-state index contributed by atoms with van der Waals surface area (Å²) in [6.07, 6.45) is -4.12. The van der Waals surface area contributed by atoms with Gasteiger partial charge in [0.2, 0.25) is 18.2 Å². The van der Waals surface area contributed by atoms with Crippen LogP contribution in [0.1, 0.15) is 54.1 Å². The van der Waals surface area contributed by atoms with Crippen molar-refractivity contribution in [2.24, 2.45) is 11.8 Å². The molecule has 1 unspecified atom stereocenters.